The van der Waals surface area contributed by atoms with Crippen molar-refractivity contribution in [2.24, 2.45) is 0 Å². The molecular weight excluding hydrogens is 250 g/mol. The van der Waals surface area contributed by atoms with Crippen LogP contribution in [-0.4, -0.2) is 30.0 Å². The highest BCUT2D eigenvalue weighted by Gasteiger charge is 2.19. The Labute approximate surface area is 114 Å². The first-order chi connectivity index (χ1) is 8.49. The lowest BCUT2D eigenvalue weighted by Crippen LogP contribution is -2.40. The summed E-state index contributed by atoms with van der Waals surface area (Å²) in [6.45, 7) is 8.99. The van der Waals surface area contributed by atoms with Crippen molar-refractivity contribution in [3.63, 3.8) is 0 Å². The number of carbonyl (C=O) groups excluding carboxylic acids is 1. The maximum absolute atomic E-state index is 12.0. The van der Waals surface area contributed by atoms with Gasteiger partial charge in [0.1, 0.15) is 5.75 Å². The van der Waals surface area contributed by atoms with E-state index in [1.807, 2.05) is 26.8 Å². The number of rotatable bonds is 5. The average Bonchev–Trinajstić information content (AvgIpc) is 2.35. The van der Waals surface area contributed by atoms with Gasteiger partial charge in [-0.1, -0.05) is 11.6 Å². The van der Waals surface area contributed by atoms with Crippen LogP contribution in [0.4, 0.5) is 0 Å². The number of hydrogen-bond acceptors (Lipinski definition) is 2. The number of aryl methyl sites for hydroxylation is 1. The van der Waals surface area contributed by atoms with Crippen LogP contribution in [0.2, 0.25) is 5.02 Å². The van der Waals surface area contributed by atoms with Gasteiger partial charge >= 0.3 is 0 Å². The molecule has 1 rings (SSSR count). The van der Waals surface area contributed by atoms with Crippen molar-refractivity contribution in [3.05, 3.63) is 28.8 Å². The molecule has 0 spiro atoms. The Bertz CT molecular complexity index is 416. The summed E-state index contributed by atoms with van der Waals surface area (Å²) < 4.78 is 5.65. The molecule has 18 heavy (non-hydrogen) atoms. The molecule has 0 aliphatic carbocycles. The molecule has 0 heterocycles. The van der Waals surface area contributed by atoms with Crippen molar-refractivity contribution in [1.82, 2.24) is 4.90 Å². The minimum absolute atomic E-state index is 0.00704. The van der Waals surface area contributed by atoms with E-state index < -0.39 is 6.10 Å². The molecule has 0 saturated heterocycles. The van der Waals surface area contributed by atoms with Gasteiger partial charge in [0, 0.05) is 18.1 Å². The molecule has 1 aromatic carbocycles. The first kappa shape index (κ1) is 14.8. The Morgan fingerprint density at radius 2 is 2.00 bits per heavy atom. The molecule has 0 N–H and O–H groups in total. The second-order valence-corrected chi connectivity index (χ2v) is 4.59. The third-order valence-electron chi connectivity index (χ3n) is 2.87. The zero-order valence-electron chi connectivity index (χ0n) is 11.4. The largest absolute Gasteiger partial charge is 0.481 e. The molecule has 0 radical (unpaired) electrons. The fourth-order valence-corrected chi connectivity index (χ4v) is 1.85. The average molecular weight is 270 g/mol. The van der Waals surface area contributed by atoms with Crippen molar-refractivity contribution >= 4 is 17.5 Å². The topological polar surface area (TPSA) is 29.5 Å². The van der Waals surface area contributed by atoms with Gasteiger partial charge in [-0.3, -0.25) is 4.79 Å². The van der Waals surface area contributed by atoms with Crippen LogP contribution in [0.25, 0.3) is 0 Å². The molecule has 1 unspecified atom stereocenters. The SMILES string of the molecule is CCN(CC)C(=O)C(C)Oc1ccc(Cl)c(C)c1. The molecule has 0 aromatic heterocycles. The highest BCUT2D eigenvalue weighted by atomic mass is 35.5. The first-order valence-corrected chi connectivity index (χ1v) is 6.59. The van der Waals surface area contributed by atoms with E-state index >= 15 is 0 Å². The molecule has 100 valence electrons. The van der Waals surface area contributed by atoms with E-state index in [2.05, 4.69) is 0 Å². The number of halogens is 1. The van der Waals surface area contributed by atoms with Crippen molar-refractivity contribution < 1.29 is 9.53 Å². The second-order valence-electron chi connectivity index (χ2n) is 4.18. The summed E-state index contributed by atoms with van der Waals surface area (Å²) >= 11 is 5.94. The van der Waals surface area contributed by atoms with E-state index in [0.717, 1.165) is 5.56 Å². The van der Waals surface area contributed by atoms with Crippen molar-refractivity contribution in [2.45, 2.75) is 33.8 Å². The Morgan fingerprint density at radius 3 is 2.50 bits per heavy atom. The molecule has 0 bridgehead atoms. The Hall–Kier alpha value is -1.22. The van der Waals surface area contributed by atoms with Gasteiger partial charge in [0.15, 0.2) is 6.10 Å². The molecule has 0 fully saturated rings. The monoisotopic (exact) mass is 269 g/mol. The van der Waals surface area contributed by atoms with Crippen LogP contribution >= 0.6 is 11.6 Å². The first-order valence-electron chi connectivity index (χ1n) is 6.21. The fraction of sp³-hybridized carbons (Fsp3) is 0.500. The van der Waals surface area contributed by atoms with E-state index in [0.29, 0.717) is 23.9 Å². The van der Waals surface area contributed by atoms with E-state index in [4.69, 9.17) is 16.3 Å². The number of carbonyl (C=O) groups is 1. The molecule has 4 heteroatoms. The number of nitrogens with zero attached hydrogens (tertiary/aromatic N) is 1. The summed E-state index contributed by atoms with van der Waals surface area (Å²) in [4.78, 5) is 13.8. The van der Waals surface area contributed by atoms with Gasteiger partial charge in [0.2, 0.25) is 0 Å². The highest BCUT2D eigenvalue weighted by Crippen LogP contribution is 2.22. The summed E-state index contributed by atoms with van der Waals surface area (Å²) in [5.41, 5.74) is 0.941. The molecule has 1 atom stereocenters. The number of likely N-dealkylation sites (N-methyl/N-ethyl adjacent to an activating group) is 1. The van der Waals surface area contributed by atoms with Crippen LogP contribution in [0.1, 0.15) is 26.3 Å². The number of hydrogen-bond donors (Lipinski definition) is 0. The Balaban J connectivity index is 2.71. The van der Waals surface area contributed by atoms with Gasteiger partial charge in [0.05, 0.1) is 0 Å². The number of benzene rings is 1. The normalized spacial score (nSPS) is 12.1. The maximum atomic E-state index is 12.0. The summed E-state index contributed by atoms with van der Waals surface area (Å²) in [5, 5.41) is 0.699. The van der Waals surface area contributed by atoms with Crippen LogP contribution in [0.15, 0.2) is 18.2 Å². The molecule has 0 saturated carbocycles. The quantitative estimate of drug-likeness (QED) is 0.821. The lowest BCUT2D eigenvalue weighted by atomic mass is 10.2. The van der Waals surface area contributed by atoms with Gasteiger partial charge in [-0.2, -0.15) is 0 Å². The predicted octanol–water partition coefficient (Wildman–Crippen LogP) is 3.28. The van der Waals surface area contributed by atoms with Gasteiger partial charge in [0.25, 0.3) is 5.91 Å². The smallest absolute Gasteiger partial charge is 0.263 e. The molecule has 1 amide bonds. The standard InChI is InChI=1S/C14H20ClNO2/c1-5-16(6-2)14(17)11(4)18-12-7-8-13(15)10(3)9-12/h7-9,11H,5-6H2,1-4H3. The van der Waals surface area contributed by atoms with Crippen LogP contribution in [0, 0.1) is 6.92 Å². The highest BCUT2D eigenvalue weighted by molar-refractivity contribution is 6.31. The third-order valence-corrected chi connectivity index (χ3v) is 3.29. The van der Waals surface area contributed by atoms with E-state index in [1.165, 1.54) is 0 Å². The minimum Gasteiger partial charge on any atom is -0.481 e. The van der Waals surface area contributed by atoms with Gasteiger partial charge in [-0.15, -0.1) is 0 Å². The van der Waals surface area contributed by atoms with Crippen molar-refractivity contribution in [2.75, 3.05) is 13.1 Å². The lowest BCUT2D eigenvalue weighted by molar-refractivity contribution is -0.137. The molecule has 0 aliphatic rings. The van der Waals surface area contributed by atoms with Crippen LogP contribution in [-0.2, 0) is 4.79 Å². The summed E-state index contributed by atoms with van der Waals surface area (Å²) in [6.07, 6.45) is -0.481. The fourth-order valence-electron chi connectivity index (χ4n) is 1.74. The second kappa shape index (κ2) is 6.64. The lowest BCUT2D eigenvalue weighted by Gasteiger charge is -2.23. The van der Waals surface area contributed by atoms with E-state index in [1.54, 1.807) is 24.0 Å². The van der Waals surface area contributed by atoms with E-state index in [9.17, 15) is 4.79 Å². The molecule has 1 aromatic rings. The maximum Gasteiger partial charge on any atom is 0.263 e. The van der Waals surface area contributed by atoms with Crippen LogP contribution in [0.3, 0.4) is 0 Å². The number of ether oxygens (including phenoxy) is 1. The predicted molar refractivity (Wildman–Crippen MR) is 74.2 cm³/mol. The third kappa shape index (κ3) is 3.64. The van der Waals surface area contributed by atoms with E-state index in [-0.39, 0.29) is 5.91 Å². The molecule has 3 nitrogen and oxygen atoms in total. The Morgan fingerprint density at radius 1 is 1.39 bits per heavy atom. The minimum atomic E-state index is -0.481. The zero-order valence-corrected chi connectivity index (χ0v) is 12.1. The van der Waals surface area contributed by atoms with Gasteiger partial charge in [-0.25, -0.2) is 0 Å². The van der Waals surface area contributed by atoms with Gasteiger partial charge in [-0.05, 0) is 51.5 Å². The molecular formula is C14H20ClNO2. The van der Waals surface area contributed by atoms with Crippen LogP contribution in [0.5, 0.6) is 5.75 Å². The summed E-state index contributed by atoms with van der Waals surface area (Å²) in [7, 11) is 0. The van der Waals surface area contributed by atoms with Crippen LogP contribution < -0.4 is 4.74 Å². The zero-order chi connectivity index (χ0) is 13.7. The Kier molecular flexibility index (Phi) is 5.48. The van der Waals surface area contributed by atoms with Gasteiger partial charge < -0.3 is 9.64 Å². The summed E-state index contributed by atoms with van der Waals surface area (Å²) in [6, 6.07) is 5.40. The molecule has 0 aliphatic heterocycles. The summed E-state index contributed by atoms with van der Waals surface area (Å²) in [5.74, 6) is 0.678. The van der Waals surface area contributed by atoms with Crippen molar-refractivity contribution in [1.29, 1.82) is 0 Å². The van der Waals surface area contributed by atoms with Crippen molar-refractivity contribution in [3.8, 4) is 5.75 Å². The number of amides is 1.